The average Bonchev–Trinajstić information content (AvgIpc) is 1.51. The van der Waals surface area contributed by atoms with Crippen molar-refractivity contribution in [3.8, 4) is 22.3 Å². The molecule has 0 unspecified atom stereocenters. The Morgan fingerprint density at radius 1 is 0.245 bits per heavy atom. The van der Waals surface area contributed by atoms with Gasteiger partial charge < -0.3 is 27.4 Å². The topological polar surface area (TPSA) is 41.6 Å². The Labute approximate surface area is 566 Å². The Kier molecular flexibility index (Phi) is 10.6. The summed E-state index contributed by atoms with van der Waals surface area (Å²) in [5, 5.41) is 18.9. The average molecular weight is 1280 g/mol. The third-order valence-corrected chi connectivity index (χ3v) is 23.6. The Morgan fingerprint density at radius 2 is 0.612 bits per heavy atom. The summed E-state index contributed by atoms with van der Waals surface area (Å²) >= 11 is 3.74. The van der Waals surface area contributed by atoms with Gasteiger partial charge in [0, 0.05) is 116 Å². The van der Waals surface area contributed by atoms with Crippen LogP contribution >= 0.6 is 22.7 Å². The number of furan rings is 2. The molecule has 0 aliphatic rings. The van der Waals surface area contributed by atoms with E-state index in [1.165, 1.54) is 117 Å². The van der Waals surface area contributed by atoms with Crippen LogP contribution in [0, 0.1) is 0 Å². The lowest BCUT2D eigenvalue weighted by atomic mass is 9.97. The van der Waals surface area contributed by atoms with Crippen LogP contribution in [0.5, 0.6) is 0 Å². The number of thiophene rings is 2. The van der Waals surface area contributed by atoms with E-state index < -0.39 is 0 Å². The van der Waals surface area contributed by atoms with Crippen molar-refractivity contribution in [2.45, 2.75) is 0 Å². The number of rotatable bonds is 8. The van der Waals surface area contributed by atoms with Gasteiger partial charge in [0.05, 0.1) is 67.2 Å². The zero-order valence-corrected chi connectivity index (χ0v) is 53.9. The minimum atomic E-state index is 0.843. The van der Waals surface area contributed by atoms with E-state index >= 15 is 0 Å². The number of nitrogens with zero attached hydrogens (tertiary/aromatic N) is 4. The number of aromatic nitrogens is 2. The number of anilines is 6. The van der Waals surface area contributed by atoms with Crippen molar-refractivity contribution in [3.05, 3.63) is 303 Å². The lowest BCUT2D eigenvalue weighted by Crippen LogP contribution is -2.12. The highest BCUT2D eigenvalue weighted by Gasteiger charge is 2.33. The van der Waals surface area contributed by atoms with Gasteiger partial charge in [0.2, 0.25) is 0 Å². The summed E-state index contributed by atoms with van der Waals surface area (Å²) in [6.45, 7) is 0. The molecule has 0 radical (unpaired) electrons. The molecule has 98 heavy (non-hydrogen) atoms. The van der Waals surface area contributed by atoms with Crippen molar-refractivity contribution in [2.75, 3.05) is 9.80 Å². The van der Waals surface area contributed by atoms with Crippen LogP contribution in [0.15, 0.2) is 312 Å². The number of benzene rings is 15. The molecule has 8 heterocycles. The van der Waals surface area contributed by atoms with Crippen LogP contribution in [-0.2, 0) is 0 Å². The maximum absolute atomic E-state index is 7.09. The van der Waals surface area contributed by atoms with Crippen LogP contribution in [0.2, 0.25) is 0 Å². The highest BCUT2D eigenvalue weighted by Crippen LogP contribution is 2.57. The van der Waals surface area contributed by atoms with Crippen LogP contribution in [0.3, 0.4) is 0 Å². The molecule has 0 aliphatic carbocycles. The van der Waals surface area contributed by atoms with Gasteiger partial charge in [0.1, 0.15) is 11.2 Å². The zero-order valence-electron chi connectivity index (χ0n) is 52.3. The van der Waals surface area contributed by atoms with E-state index in [1.54, 1.807) is 0 Å². The quantitative estimate of drug-likeness (QED) is 0.152. The summed E-state index contributed by atoms with van der Waals surface area (Å²) in [4.78, 5) is 5.04. The molecule has 0 N–H and O–H groups in total. The fourth-order valence-corrected chi connectivity index (χ4v) is 19.7. The SMILES string of the molecule is c1ccc(-c2c(N(c3cccc4c3oc3ccccc34)c3ccc4c5cc6c(cc5n5c7ccccc7c3c45)c3ccc(N(c4ccc5c(sc7ccccc75)c4-c4ccccc4)c4cccc5c4oc4ccccc45)c4c5ccccc5n6c34)ccc3c2sc2ccccc23)cc1. The van der Waals surface area contributed by atoms with E-state index in [0.29, 0.717) is 0 Å². The number of fused-ring (bicyclic) bond motifs is 24. The smallest absolute Gasteiger partial charge is 0.159 e. The summed E-state index contributed by atoms with van der Waals surface area (Å²) in [6.07, 6.45) is 0. The molecule has 15 aromatic carbocycles. The minimum Gasteiger partial charge on any atom is -0.454 e. The van der Waals surface area contributed by atoms with Crippen LogP contribution in [0.4, 0.5) is 34.1 Å². The Balaban J connectivity index is 0.809. The molecule has 0 amide bonds. The van der Waals surface area contributed by atoms with Gasteiger partial charge in [-0.1, -0.05) is 218 Å². The van der Waals surface area contributed by atoms with Crippen LogP contribution in [-0.4, -0.2) is 8.80 Å². The standard InChI is InChI=1S/C90H50N4O2S2/c1-3-21-51(22-4-1)81-69(47-43-61-55-27-11-17-39-79(55)97-89(61)81)91(73-35-19-31-59-53-25-9-15-37-77(53)95-87(59)73)71-45-41-57-65-49-76-66(50-75(65)93-67-33-13-7-29-63(67)83(71)85(57)93)58-42-46-72(84-64-30-8-14-34-68(64)94(76)86(58)84)92(74-36-20-32-60-54-26-10-16-38-78(54)96-88(60)74)70-48-44-62-56-28-12-18-40-80(56)98-90(62)82(70)52-23-5-2-6-24-52/h1-50H. The van der Waals surface area contributed by atoms with E-state index in [0.717, 1.165) is 100 Å². The molecule has 6 nitrogen and oxygen atoms in total. The first-order valence-corrected chi connectivity index (χ1v) is 35.0. The first kappa shape index (κ1) is 52.9. The third kappa shape index (κ3) is 6.98. The molecule has 0 saturated heterocycles. The van der Waals surface area contributed by atoms with Crippen LogP contribution < -0.4 is 9.80 Å². The molecule has 0 bridgehead atoms. The summed E-state index contributed by atoms with van der Waals surface area (Å²) in [6, 6.07) is 112. The molecular formula is C90H50N4O2S2. The molecule has 23 aromatic rings. The summed E-state index contributed by atoms with van der Waals surface area (Å²) in [7, 11) is 0. The Morgan fingerprint density at radius 3 is 1.07 bits per heavy atom. The second kappa shape index (κ2) is 19.6. The largest absolute Gasteiger partial charge is 0.454 e. The summed E-state index contributed by atoms with van der Waals surface area (Å²) < 4.78 is 24.3. The van der Waals surface area contributed by atoms with Crippen LogP contribution in [0.25, 0.3) is 183 Å². The number of hydrogen-bond donors (Lipinski definition) is 0. The van der Waals surface area contributed by atoms with Gasteiger partial charge in [0.15, 0.2) is 11.2 Å². The van der Waals surface area contributed by atoms with Crippen LogP contribution in [0.1, 0.15) is 0 Å². The Hall–Kier alpha value is -12.5. The summed E-state index contributed by atoms with van der Waals surface area (Å²) in [5.41, 5.74) is 21.4. The number of hydrogen-bond acceptors (Lipinski definition) is 6. The molecule has 0 aliphatic heterocycles. The zero-order chi connectivity index (χ0) is 63.6. The van der Waals surface area contributed by atoms with E-state index in [4.69, 9.17) is 8.83 Å². The molecule has 8 aromatic heterocycles. The van der Waals surface area contributed by atoms with E-state index in [-0.39, 0.29) is 0 Å². The van der Waals surface area contributed by atoms with E-state index in [9.17, 15) is 0 Å². The predicted octanol–water partition coefficient (Wildman–Crippen LogP) is 26.8. The highest BCUT2D eigenvalue weighted by molar-refractivity contribution is 7.26. The maximum atomic E-state index is 7.09. The predicted molar refractivity (Wildman–Crippen MR) is 416 cm³/mol. The molecule has 23 rings (SSSR count). The van der Waals surface area contributed by atoms with Crippen molar-refractivity contribution in [3.63, 3.8) is 0 Å². The van der Waals surface area contributed by atoms with Crippen molar-refractivity contribution in [2.24, 2.45) is 0 Å². The number of para-hydroxylation sites is 6. The minimum absolute atomic E-state index is 0.843. The van der Waals surface area contributed by atoms with Gasteiger partial charge in [0.25, 0.3) is 0 Å². The van der Waals surface area contributed by atoms with Crippen molar-refractivity contribution in [1.29, 1.82) is 0 Å². The fraction of sp³-hybridized carbons (Fsp3) is 0. The monoisotopic (exact) mass is 1280 g/mol. The van der Waals surface area contributed by atoms with Gasteiger partial charge in [-0.25, -0.2) is 0 Å². The molecule has 0 saturated carbocycles. The first-order chi connectivity index (χ1) is 48.7. The van der Waals surface area contributed by atoms with Crippen molar-refractivity contribution in [1.82, 2.24) is 8.80 Å². The molecule has 0 atom stereocenters. The van der Waals surface area contributed by atoms with Crippen molar-refractivity contribution < 1.29 is 8.83 Å². The highest BCUT2D eigenvalue weighted by atomic mass is 32.1. The molecule has 0 spiro atoms. The molecule has 0 fully saturated rings. The third-order valence-electron chi connectivity index (χ3n) is 21.2. The molecule has 454 valence electrons. The Bertz CT molecular complexity index is 6890. The van der Waals surface area contributed by atoms with E-state index in [1.807, 2.05) is 22.7 Å². The van der Waals surface area contributed by atoms with Gasteiger partial charge >= 0.3 is 0 Å². The van der Waals surface area contributed by atoms with Gasteiger partial charge in [-0.3, -0.25) is 0 Å². The second-order valence-electron chi connectivity index (χ2n) is 26.1. The molecule has 8 heteroatoms. The van der Waals surface area contributed by atoms with Gasteiger partial charge in [-0.05, 0) is 96.1 Å². The van der Waals surface area contributed by atoms with Gasteiger partial charge in [-0.15, -0.1) is 22.7 Å². The van der Waals surface area contributed by atoms with E-state index in [2.05, 4.69) is 322 Å². The summed E-state index contributed by atoms with van der Waals surface area (Å²) in [5.74, 6) is 0. The van der Waals surface area contributed by atoms with Crippen molar-refractivity contribution >= 4 is 217 Å². The second-order valence-corrected chi connectivity index (χ2v) is 28.2. The maximum Gasteiger partial charge on any atom is 0.159 e. The lowest BCUT2D eigenvalue weighted by Gasteiger charge is -2.29. The lowest BCUT2D eigenvalue weighted by molar-refractivity contribution is 0.669. The molecular weight excluding hydrogens is 1230 g/mol. The first-order valence-electron chi connectivity index (χ1n) is 33.4. The normalized spacial score (nSPS) is 12.5. The van der Waals surface area contributed by atoms with Gasteiger partial charge in [-0.2, -0.15) is 0 Å². The fourth-order valence-electron chi connectivity index (χ4n) is 17.1.